The second kappa shape index (κ2) is 6.52. The number of rotatable bonds is 3. The molecule has 0 spiro atoms. The summed E-state index contributed by atoms with van der Waals surface area (Å²) in [5.74, 6) is -0.674. The molecule has 1 aromatic carbocycles. The lowest BCUT2D eigenvalue weighted by Gasteiger charge is -2.28. The lowest BCUT2D eigenvalue weighted by molar-refractivity contribution is -0.141. The molecular weight excluding hydrogens is 378 g/mol. The van der Waals surface area contributed by atoms with Crippen molar-refractivity contribution in [1.82, 2.24) is 15.1 Å². The molecule has 2 aliphatic rings. The fourth-order valence-corrected chi connectivity index (χ4v) is 3.28. The number of carbonyl (C=O) groups excluding carboxylic acids is 3. The Morgan fingerprint density at radius 1 is 1.33 bits per heavy atom. The molecule has 7 nitrogen and oxygen atoms in total. The van der Waals surface area contributed by atoms with Crippen LogP contribution >= 0.6 is 15.9 Å². The Labute approximate surface area is 148 Å². The number of nitrogens with one attached hydrogen (secondary N) is 1. The maximum Gasteiger partial charge on any atom is 0.325 e. The highest BCUT2D eigenvalue weighted by atomic mass is 79.9. The molecule has 0 saturated carbocycles. The minimum absolute atomic E-state index is 0.250. The Balaban J connectivity index is 1.77. The lowest BCUT2D eigenvalue weighted by Crippen LogP contribution is -2.47. The van der Waals surface area contributed by atoms with Crippen LogP contribution in [0.4, 0.5) is 4.79 Å². The zero-order chi connectivity index (χ0) is 17.3. The van der Waals surface area contributed by atoms with E-state index in [4.69, 9.17) is 4.74 Å². The number of nitrogens with zero attached hydrogens (tertiary/aromatic N) is 2. The number of imide groups is 1. The van der Waals surface area contributed by atoms with Gasteiger partial charge in [-0.25, -0.2) is 4.79 Å². The molecule has 0 aliphatic carbocycles. The first-order valence-corrected chi connectivity index (χ1v) is 8.47. The predicted molar refractivity (Wildman–Crippen MR) is 89.1 cm³/mol. The van der Waals surface area contributed by atoms with Crippen molar-refractivity contribution < 1.29 is 19.1 Å². The van der Waals surface area contributed by atoms with E-state index in [2.05, 4.69) is 21.2 Å². The van der Waals surface area contributed by atoms with Crippen LogP contribution in [0.1, 0.15) is 12.5 Å². The highest BCUT2D eigenvalue weighted by Gasteiger charge is 2.49. The maximum absolute atomic E-state index is 12.8. The second-order valence-electron chi connectivity index (χ2n) is 5.95. The van der Waals surface area contributed by atoms with E-state index in [1.165, 1.54) is 0 Å². The van der Waals surface area contributed by atoms with E-state index in [0.29, 0.717) is 31.9 Å². The highest BCUT2D eigenvalue weighted by molar-refractivity contribution is 9.10. The summed E-state index contributed by atoms with van der Waals surface area (Å²) in [4.78, 5) is 40.0. The number of benzene rings is 1. The van der Waals surface area contributed by atoms with Crippen LogP contribution in [0, 0.1) is 0 Å². The van der Waals surface area contributed by atoms with Gasteiger partial charge in [-0.15, -0.1) is 0 Å². The number of ether oxygens (including phenoxy) is 1. The van der Waals surface area contributed by atoms with E-state index in [1.807, 2.05) is 6.07 Å². The fourth-order valence-electron chi connectivity index (χ4n) is 2.88. The number of morpholine rings is 1. The summed E-state index contributed by atoms with van der Waals surface area (Å²) in [7, 11) is 0. The Morgan fingerprint density at radius 3 is 2.71 bits per heavy atom. The van der Waals surface area contributed by atoms with E-state index >= 15 is 0 Å². The van der Waals surface area contributed by atoms with E-state index < -0.39 is 17.5 Å². The number of urea groups is 1. The number of carbonyl (C=O) groups is 3. The minimum Gasteiger partial charge on any atom is -0.378 e. The highest BCUT2D eigenvalue weighted by Crippen LogP contribution is 2.30. The summed E-state index contributed by atoms with van der Waals surface area (Å²) in [5, 5.41) is 2.70. The van der Waals surface area contributed by atoms with Gasteiger partial charge >= 0.3 is 6.03 Å². The first-order chi connectivity index (χ1) is 11.4. The van der Waals surface area contributed by atoms with Crippen molar-refractivity contribution in [2.24, 2.45) is 0 Å². The van der Waals surface area contributed by atoms with Crippen LogP contribution in [-0.4, -0.2) is 60.5 Å². The van der Waals surface area contributed by atoms with Crippen molar-refractivity contribution >= 4 is 33.8 Å². The molecule has 2 saturated heterocycles. The van der Waals surface area contributed by atoms with Gasteiger partial charge in [0.15, 0.2) is 0 Å². The maximum atomic E-state index is 12.8. The summed E-state index contributed by atoms with van der Waals surface area (Å²) >= 11 is 3.37. The summed E-state index contributed by atoms with van der Waals surface area (Å²) in [6.07, 6.45) is 0. The quantitative estimate of drug-likeness (QED) is 0.776. The SMILES string of the molecule is CC1(c2cccc(Br)c2)NC(=O)N(CC(=O)N2CCOCC2)C1=O. The smallest absolute Gasteiger partial charge is 0.325 e. The average Bonchev–Trinajstić information content (AvgIpc) is 2.80. The fraction of sp³-hybridized carbons (Fsp3) is 0.438. The van der Waals surface area contributed by atoms with Crippen molar-refractivity contribution in [3.8, 4) is 0 Å². The van der Waals surface area contributed by atoms with Crippen LogP contribution < -0.4 is 5.32 Å². The third kappa shape index (κ3) is 3.03. The molecular formula is C16H18BrN3O4. The zero-order valence-corrected chi connectivity index (χ0v) is 14.8. The zero-order valence-electron chi connectivity index (χ0n) is 13.3. The van der Waals surface area contributed by atoms with Gasteiger partial charge in [-0.2, -0.15) is 0 Å². The predicted octanol–water partition coefficient (Wildman–Crippen LogP) is 1.07. The molecule has 2 fully saturated rings. The number of halogens is 1. The largest absolute Gasteiger partial charge is 0.378 e. The van der Waals surface area contributed by atoms with Crippen molar-refractivity contribution in [3.63, 3.8) is 0 Å². The number of hydrogen-bond acceptors (Lipinski definition) is 4. The van der Waals surface area contributed by atoms with Crippen molar-refractivity contribution in [2.45, 2.75) is 12.5 Å². The van der Waals surface area contributed by atoms with Crippen LogP contribution in [0.2, 0.25) is 0 Å². The summed E-state index contributed by atoms with van der Waals surface area (Å²) in [6, 6.07) is 6.64. The number of amides is 4. The van der Waals surface area contributed by atoms with E-state index in [9.17, 15) is 14.4 Å². The molecule has 0 bridgehead atoms. The van der Waals surface area contributed by atoms with Crippen LogP contribution in [0.3, 0.4) is 0 Å². The topological polar surface area (TPSA) is 79.0 Å². The molecule has 4 amide bonds. The van der Waals surface area contributed by atoms with Gasteiger partial charge in [0.05, 0.1) is 13.2 Å². The number of hydrogen-bond donors (Lipinski definition) is 1. The first kappa shape index (κ1) is 16.9. The van der Waals surface area contributed by atoms with E-state index in [0.717, 1.165) is 9.37 Å². The Bertz CT molecular complexity index is 690. The molecule has 1 unspecified atom stereocenters. The van der Waals surface area contributed by atoms with Crippen LogP contribution in [-0.2, 0) is 19.9 Å². The normalized spacial score (nSPS) is 24.2. The molecule has 2 aliphatic heterocycles. The summed E-state index contributed by atoms with van der Waals surface area (Å²) in [5.41, 5.74) is -0.511. The van der Waals surface area contributed by atoms with Crippen LogP contribution in [0.15, 0.2) is 28.7 Å². The standard InChI is InChI=1S/C16H18BrN3O4/c1-16(11-3-2-4-12(17)9-11)14(22)20(15(23)18-16)10-13(21)19-5-7-24-8-6-19/h2-4,9H,5-8,10H2,1H3,(H,18,23). The van der Waals surface area contributed by atoms with Crippen molar-refractivity contribution in [3.05, 3.63) is 34.3 Å². The molecule has 128 valence electrons. The van der Waals surface area contributed by atoms with Gasteiger partial charge in [-0.3, -0.25) is 14.5 Å². The Hall–Kier alpha value is -1.93. The van der Waals surface area contributed by atoms with Crippen LogP contribution in [0.25, 0.3) is 0 Å². The van der Waals surface area contributed by atoms with Gasteiger partial charge < -0.3 is 15.0 Å². The van der Waals surface area contributed by atoms with E-state index in [-0.39, 0.29) is 12.5 Å². The summed E-state index contributed by atoms with van der Waals surface area (Å²) in [6.45, 7) is 3.29. The Morgan fingerprint density at radius 2 is 2.04 bits per heavy atom. The molecule has 1 N–H and O–H groups in total. The molecule has 0 aromatic heterocycles. The molecule has 0 radical (unpaired) electrons. The minimum atomic E-state index is -1.17. The average molecular weight is 396 g/mol. The molecule has 1 atom stereocenters. The van der Waals surface area contributed by atoms with Crippen LogP contribution in [0.5, 0.6) is 0 Å². The monoisotopic (exact) mass is 395 g/mol. The van der Waals surface area contributed by atoms with Crippen molar-refractivity contribution in [1.29, 1.82) is 0 Å². The molecule has 2 heterocycles. The second-order valence-corrected chi connectivity index (χ2v) is 6.87. The Kier molecular flexibility index (Phi) is 4.60. The molecule has 3 rings (SSSR count). The van der Waals surface area contributed by atoms with Gasteiger partial charge in [0, 0.05) is 17.6 Å². The molecule has 8 heteroatoms. The lowest BCUT2D eigenvalue weighted by atomic mass is 9.92. The van der Waals surface area contributed by atoms with Gasteiger partial charge in [-0.1, -0.05) is 28.1 Å². The van der Waals surface area contributed by atoms with Gasteiger partial charge in [0.25, 0.3) is 5.91 Å². The first-order valence-electron chi connectivity index (χ1n) is 7.67. The third-order valence-electron chi connectivity index (χ3n) is 4.33. The summed E-state index contributed by atoms with van der Waals surface area (Å²) < 4.78 is 6.02. The van der Waals surface area contributed by atoms with Gasteiger partial charge in [-0.05, 0) is 24.6 Å². The van der Waals surface area contributed by atoms with Gasteiger partial charge in [0.1, 0.15) is 12.1 Å². The molecule has 24 heavy (non-hydrogen) atoms. The molecule has 1 aromatic rings. The van der Waals surface area contributed by atoms with E-state index in [1.54, 1.807) is 30.0 Å². The third-order valence-corrected chi connectivity index (χ3v) is 4.83. The van der Waals surface area contributed by atoms with Crippen molar-refractivity contribution in [2.75, 3.05) is 32.8 Å². The van der Waals surface area contributed by atoms with Gasteiger partial charge in [0.2, 0.25) is 5.91 Å².